The molecule has 0 bridgehead atoms. The molecule has 3 aromatic rings. The summed E-state index contributed by atoms with van der Waals surface area (Å²) in [7, 11) is 0. The molecule has 2 aromatic carbocycles. The number of rotatable bonds is 7. The number of carbonyl (C=O) groups is 2. The zero-order valence-electron chi connectivity index (χ0n) is 16.6. The third-order valence-corrected chi connectivity index (χ3v) is 5.58. The fraction of sp³-hybridized carbons (Fsp3) is 0.292. The van der Waals surface area contributed by atoms with Gasteiger partial charge in [-0.2, -0.15) is 0 Å². The molecule has 2 aliphatic carbocycles. The molecule has 30 heavy (non-hydrogen) atoms. The van der Waals surface area contributed by atoms with Gasteiger partial charge in [0.1, 0.15) is 0 Å². The molecule has 6 nitrogen and oxygen atoms in total. The van der Waals surface area contributed by atoms with Crippen LogP contribution >= 0.6 is 0 Å². The van der Waals surface area contributed by atoms with Gasteiger partial charge in [0, 0.05) is 35.3 Å². The highest BCUT2D eigenvalue weighted by Crippen LogP contribution is 2.30. The molecule has 0 radical (unpaired) electrons. The van der Waals surface area contributed by atoms with Crippen LogP contribution in [-0.2, 0) is 6.54 Å². The summed E-state index contributed by atoms with van der Waals surface area (Å²) in [6.45, 7) is 0.540. The normalized spacial score (nSPS) is 15.6. The Bertz CT molecular complexity index is 1030. The molecule has 152 valence electrons. The van der Waals surface area contributed by atoms with Gasteiger partial charge in [0.2, 0.25) is 0 Å². The van der Waals surface area contributed by atoms with E-state index in [1.807, 2.05) is 53.4 Å². The van der Waals surface area contributed by atoms with E-state index in [9.17, 15) is 9.59 Å². The van der Waals surface area contributed by atoms with Crippen LogP contribution in [0.2, 0.25) is 0 Å². The van der Waals surface area contributed by atoms with Gasteiger partial charge < -0.3 is 14.6 Å². The largest absolute Gasteiger partial charge is 0.444 e. The lowest BCUT2D eigenvalue weighted by Crippen LogP contribution is -2.32. The number of hydrogen-bond acceptors (Lipinski definition) is 4. The predicted molar refractivity (Wildman–Crippen MR) is 112 cm³/mol. The van der Waals surface area contributed by atoms with E-state index in [1.54, 1.807) is 6.20 Å². The first-order valence-corrected chi connectivity index (χ1v) is 10.4. The zero-order chi connectivity index (χ0) is 20.5. The summed E-state index contributed by atoms with van der Waals surface area (Å²) >= 11 is 0. The third-order valence-electron chi connectivity index (χ3n) is 5.58. The number of aromatic nitrogens is 1. The van der Waals surface area contributed by atoms with Gasteiger partial charge >= 0.3 is 0 Å². The van der Waals surface area contributed by atoms with E-state index < -0.39 is 0 Å². The maximum atomic E-state index is 13.2. The van der Waals surface area contributed by atoms with Crippen molar-refractivity contribution in [3.05, 3.63) is 77.8 Å². The van der Waals surface area contributed by atoms with Gasteiger partial charge in [0.25, 0.3) is 11.8 Å². The van der Waals surface area contributed by atoms with Crippen molar-refractivity contribution in [2.75, 3.05) is 0 Å². The summed E-state index contributed by atoms with van der Waals surface area (Å²) in [6.07, 6.45) is 7.25. The molecule has 6 heteroatoms. The van der Waals surface area contributed by atoms with E-state index in [0.29, 0.717) is 29.5 Å². The van der Waals surface area contributed by atoms with E-state index in [4.69, 9.17) is 4.42 Å². The first-order chi connectivity index (χ1) is 14.7. The average molecular weight is 401 g/mol. The molecule has 2 fully saturated rings. The van der Waals surface area contributed by atoms with Crippen LogP contribution in [0.15, 0.2) is 65.5 Å². The van der Waals surface area contributed by atoms with Gasteiger partial charge in [-0.05, 0) is 55.5 Å². The number of benzene rings is 2. The first kappa shape index (κ1) is 18.6. The van der Waals surface area contributed by atoms with Gasteiger partial charge in [-0.3, -0.25) is 9.59 Å². The summed E-state index contributed by atoms with van der Waals surface area (Å²) in [6, 6.07) is 15.6. The number of oxazole rings is 1. The highest BCUT2D eigenvalue weighted by molar-refractivity contribution is 5.95. The van der Waals surface area contributed by atoms with Crippen LogP contribution in [0.5, 0.6) is 0 Å². The minimum absolute atomic E-state index is 0.0222. The second kappa shape index (κ2) is 7.78. The number of nitrogens with zero attached hydrogens (tertiary/aromatic N) is 2. The van der Waals surface area contributed by atoms with Crippen molar-refractivity contribution in [3.8, 4) is 11.3 Å². The molecule has 2 amide bonds. The fourth-order valence-electron chi connectivity index (χ4n) is 3.51. The molecule has 0 spiro atoms. The summed E-state index contributed by atoms with van der Waals surface area (Å²) < 4.78 is 5.31. The molecule has 0 aliphatic heterocycles. The standard InChI is InChI=1S/C24H23N3O3/c28-23(26-20-9-10-20)18-3-1-16(2-4-18)14-27(21-11-12-21)24(29)19-7-5-17(6-8-19)22-13-25-15-30-22/h1-8,13,15,20-21H,9-12,14H2,(H,26,28). The average Bonchev–Trinajstić information content (AvgIpc) is 3.72. The maximum Gasteiger partial charge on any atom is 0.254 e. The predicted octanol–water partition coefficient (Wildman–Crippen LogP) is 4.04. The second-order valence-electron chi connectivity index (χ2n) is 8.05. The monoisotopic (exact) mass is 401 g/mol. The molecule has 1 heterocycles. The smallest absolute Gasteiger partial charge is 0.254 e. The van der Waals surface area contributed by atoms with Crippen molar-refractivity contribution in [3.63, 3.8) is 0 Å². The van der Waals surface area contributed by atoms with Crippen molar-refractivity contribution < 1.29 is 14.0 Å². The van der Waals surface area contributed by atoms with Crippen molar-refractivity contribution in [2.24, 2.45) is 0 Å². The quantitative estimate of drug-likeness (QED) is 0.648. The maximum absolute atomic E-state index is 13.2. The fourth-order valence-corrected chi connectivity index (χ4v) is 3.51. The molecule has 2 aliphatic rings. The highest BCUT2D eigenvalue weighted by atomic mass is 16.3. The van der Waals surface area contributed by atoms with Crippen LogP contribution in [0.4, 0.5) is 0 Å². The number of carbonyl (C=O) groups excluding carboxylic acids is 2. The van der Waals surface area contributed by atoms with Gasteiger partial charge in [-0.25, -0.2) is 4.98 Å². The van der Waals surface area contributed by atoms with Crippen molar-refractivity contribution >= 4 is 11.8 Å². The van der Waals surface area contributed by atoms with Crippen molar-refractivity contribution in [2.45, 2.75) is 44.3 Å². The molecular weight excluding hydrogens is 378 g/mol. The molecule has 1 N–H and O–H groups in total. The molecule has 5 rings (SSSR count). The molecule has 0 atom stereocenters. The van der Waals surface area contributed by atoms with Gasteiger partial charge in [-0.15, -0.1) is 0 Å². The Hall–Kier alpha value is -3.41. The van der Waals surface area contributed by atoms with Crippen LogP contribution in [-0.4, -0.2) is 33.8 Å². The Morgan fingerprint density at radius 3 is 2.27 bits per heavy atom. The lowest BCUT2D eigenvalue weighted by Gasteiger charge is -2.23. The second-order valence-corrected chi connectivity index (χ2v) is 8.05. The van der Waals surface area contributed by atoms with Crippen LogP contribution in [0.3, 0.4) is 0 Å². The van der Waals surface area contributed by atoms with E-state index in [-0.39, 0.29) is 17.9 Å². The Balaban J connectivity index is 1.28. The Morgan fingerprint density at radius 1 is 0.967 bits per heavy atom. The van der Waals surface area contributed by atoms with Gasteiger partial charge in [0.15, 0.2) is 12.2 Å². The van der Waals surface area contributed by atoms with Gasteiger partial charge in [0.05, 0.1) is 6.20 Å². The van der Waals surface area contributed by atoms with Crippen molar-refractivity contribution in [1.29, 1.82) is 0 Å². The summed E-state index contributed by atoms with van der Waals surface area (Å²) in [5.41, 5.74) is 3.24. The minimum Gasteiger partial charge on any atom is -0.444 e. The molecular formula is C24H23N3O3. The minimum atomic E-state index is -0.0222. The summed E-state index contributed by atoms with van der Waals surface area (Å²) in [5, 5.41) is 3.00. The van der Waals surface area contributed by atoms with E-state index >= 15 is 0 Å². The third kappa shape index (κ3) is 4.13. The Labute approximate surface area is 174 Å². The Morgan fingerprint density at radius 2 is 1.67 bits per heavy atom. The number of hydrogen-bond donors (Lipinski definition) is 1. The first-order valence-electron chi connectivity index (χ1n) is 10.4. The van der Waals surface area contributed by atoms with E-state index in [2.05, 4.69) is 10.3 Å². The van der Waals surface area contributed by atoms with Crippen molar-refractivity contribution in [1.82, 2.24) is 15.2 Å². The number of nitrogens with one attached hydrogen (secondary N) is 1. The lowest BCUT2D eigenvalue weighted by atomic mass is 10.1. The van der Waals surface area contributed by atoms with Crippen LogP contribution in [0, 0.1) is 0 Å². The summed E-state index contributed by atoms with van der Waals surface area (Å²) in [5.74, 6) is 0.682. The highest BCUT2D eigenvalue weighted by Gasteiger charge is 2.33. The van der Waals surface area contributed by atoms with E-state index in [0.717, 1.165) is 36.8 Å². The lowest BCUT2D eigenvalue weighted by molar-refractivity contribution is 0.0729. The molecule has 0 unspecified atom stereocenters. The van der Waals surface area contributed by atoms with E-state index in [1.165, 1.54) is 6.39 Å². The zero-order valence-corrected chi connectivity index (χ0v) is 16.6. The topological polar surface area (TPSA) is 75.4 Å². The Kier molecular flexibility index (Phi) is 4.83. The molecule has 1 aromatic heterocycles. The van der Waals surface area contributed by atoms with Crippen LogP contribution in [0.25, 0.3) is 11.3 Å². The molecule has 0 saturated heterocycles. The number of amides is 2. The summed E-state index contributed by atoms with van der Waals surface area (Å²) in [4.78, 5) is 31.2. The molecule has 2 saturated carbocycles. The van der Waals surface area contributed by atoms with Gasteiger partial charge in [-0.1, -0.05) is 24.3 Å². The van der Waals surface area contributed by atoms with Crippen LogP contribution < -0.4 is 5.32 Å². The SMILES string of the molecule is O=C(NC1CC1)c1ccc(CN(C(=O)c2ccc(-c3cnco3)cc2)C2CC2)cc1. The van der Waals surface area contributed by atoms with Crippen LogP contribution in [0.1, 0.15) is 52.0 Å².